The largest absolute Gasteiger partial charge is 0.317 e. The Morgan fingerprint density at radius 3 is 2.61 bits per heavy atom. The maximum Gasteiger partial charge on any atom is 0.257 e. The van der Waals surface area contributed by atoms with Gasteiger partial charge in [-0.3, -0.25) is 9.59 Å². The Hall–Kier alpha value is -2.66. The van der Waals surface area contributed by atoms with Crippen LogP contribution in [0.2, 0.25) is 5.02 Å². The van der Waals surface area contributed by atoms with Crippen molar-refractivity contribution in [3.05, 3.63) is 59.9 Å². The second-order valence-electron chi connectivity index (χ2n) is 5.38. The third-order valence-corrected chi connectivity index (χ3v) is 4.35. The first-order valence-electron chi connectivity index (χ1n) is 7.20. The zero-order valence-corrected chi connectivity index (χ0v) is 12.8. The number of imide groups is 1. The zero-order chi connectivity index (χ0) is 16.0. The maximum atomic E-state index is 12.8. The van der Waals surface area contributed by atoms with Crippen LogP contribution in [-0.2, 0) is 9.59 Å². The molecule has 5 nitrogen and oxygen atoms in total. The zero-order valence-electron chi connectivity index (χ0n) is 12.0. The van der Waals surface area contributed by atoms with Gasteiger partial charge in [0.25, 0.3) is 5.91 Å². The lowest BCUT2D eigenvalue weighted by molar-refractivity contribution is -0.122. The third kappa shape index (κ3) is 2.12. The van der Waals surface area contributed by atoms with Gasteiger partial charge in [0, 0.05) is 0 Å². The van der Waals surface area contributed by atoms with Gasteiger partial charge < -0.3 is 4.57 Å². The number of aromatic nitrogens is 2. The molecule has 0 spiro atoms. The molecule has 114 valence electrons. The van der Waals surface area contributed by atoms with E-state index in [0.717, 1.165) is 11.0 Å². The topological polar surface area (TPSA) is 55.2 Å². The van der Waals surface area contributed by atoms with Crippen molar-refractivity contribution in [3.8, 4) is 0 Å². The predicted octanol–water partition coefficient (Wildman–Crippen LogP) is 3.19. The molecule has 2 amide bonds. The van der Waals surface area contributed by atoms with Gasteiger partial charge >= 0.3 is 0 Å². The number of amides is 2. The van der Waals surface area contributed by atoms with Crippen LogP contribution in [0.1, 0.15) is 12.5 Å². The van der Waals surface area contributed by atoms with Crippen LogP contribution in [-0.4, -0.2) is 21.4 Å². The summed E-state index contributed by atoms with van der Waals surface area (Å²) in [4.78, 5) is 30.7. The standard InChI is InChI=1S/C17H12ClN3O2/c18-11-5-1-3-7-13(11)21-16(22)9-15(17(21)23)20-10-19-12-6-2-4-8-14(12)20/h1-8,10,15H,9H2. The van der Waals surface area contributed by atoms with E-state index in [4.69, 9.17) is 11.6 Å². The Balaban J connectivity index is 1.77. The minimum atomic E-state index is -0.592. The van der Waals surface area contributed by atoms with Crippen LogP contribution in [0.25, 0.3) is 11.0 Å². The monoisotopic (exact) mass is 325 g/mol. The second kappa shape index (κ2) is 5.21. The van der Waals surface area contributed by atoms with E-state index >= 15 is 0 Å². The number of imidazole rings is 1. The van der Waals surface area contributed by atoms with Crippen molar-refractivity contribution in [3.63, 3.8) is 0 Å². The number of para-hydroxylation sites is 3. The van der Waals surface area contributed by atoms with Gasteiger partial charge in [-0.2, -0.15) is 0 Å². The highest BCUT2D eigenvalue weighted by Crippen LogP contribution is 2.34. The molecule has 2 aromatic carbocycles. The Bertz CT molecular complexity index is 934. The smallest absolute Gasteiger partial charge is 0.257 e. The van der Waals surface area contributed by atoms with E-state index < -0.39 is 6.04 Å². The van der Waals surface area contributed by atoms with Crippen LogP contribution in [0.5, 0.6) is 0 Å². The van der Waals surface area contributed by atoms with Crippen molar-refractivity contribution < 1.29 is 9.59 Å². The van der Waals surface area contributed by atoms with E-state index in [2.05, 4.69) is 4.98 Å². The average molecular weight is 326 g/mol. The molecule has 1 atom stereocenters. The lowest BCUT2D eigenvalue weighted by atomic mass is 10.2. The first-order valence-corrected chi connectivity index (χ1v) is 7.57. The molecule has 0 saturated carbocycles. The molecule has 3 aromatic rings. The summed E-state index contributed by atoms with van der Waals surface area (Å²) in [6.45, 7) is 0. The van der Waals surface area contributed by atoms with E-state index in [-0.39, 0.29) is 18.2 Å². The molecule has 1 fully saturated rings. The highest BCUT2D eigenvalue weighted by molar-refractivity contribution is 6.36. The molecule has 1 aromatic heterocycles. The molecule has 1 aliphatic rings. The Morgan fingerprint density at radius 1 is 1.04 bits per heavy atom. The fourth-order valence-electron chi connectivity index (χ4n) is 2.95. The van der Waals surface area contributed by atoms with E-state index in [1.165, 1.54) is 4.90 Å². The van der Waals surface area contributed by atoms with Crippen molar-refractivity contribution in [2.45, 2.75) is 12.5 Å². The Labute approximate surface area is 137 Å². The molecule has 0 bridgehead atoms. The Kier molecular flexibility index (Phi) is 3.16. The lowest BCUT2D eigenvalue weighted by Gasteiger charge is -2.17. The first-order chi connectivity index (χ1) is 11.2. The summed E-state index contributed by atoms with van der Waals surface area (Å²) in [6, 6.07) is 13.8. The van der Waals surface area contributed by atoms with Crippen LogP contribution in [0, 0.1) is 0 Å². The molecule has 1 aliphatic heterocycles. The molecule has 2 heterocycles. The Morgan fingerprint density at radius 2 is 1.78 bits per heavy atom. The molecule has 1 saturated heterocycles. The average Bonchev–Trinajstić information content (AvgIpc) is 3.09. The number of hydrogen-bond acceptors (Lipinski definition) is 3. The summed E-state index contributed by atoms with van der Waals surface area (Å²) in [5.74, 6) is -0.544. The molecular weight excluding hydrogens is 314 g/mol. The first kappa shape index (κ1) is 14.0. The minimum Gasteiger partial charge on any atom is -0.317 e. The minimum absolute atomic E-state index is 0.102. The number of nitrogens with zero attached hydrogens (tertiary/aromatic N) is 3. The highest BCUT2D eigenvalue weighted by Gasteiger charge is 2.41. The summed E-state index contributed by atoms with van der Waals surface area (Å²) in [5.41, 5.74) is 2.06. The number of anilines is 1. The molecule has 0 N–H and O–H groups in total. The van der Waals surface area contributed by atoms with Crippen LogP contribution in [0.15, 0.2) is 54.9 Å². The van der Waals surface area contributed by atoms with Crippen LogP contribution in [0.4, 0.5) is 5.69 Å². The second-order valence-corrected chi connectivity index (χ2v) is 5.79. The molecule has 4 rings (SSSR count). The summed E-state index contributed by atoms with van der Waals surface area (Å²) < 4.78 is 1.76. The molecule has 6 heteroatoms. The normalized spacial score (nSPS) is 18.1. The molecule has 23 heavy (non-hydrogen) atoms. The van der Waals surface area contributed by atoms with Gasteiger partial charge in [-0.05, 0) is 24.3 Å². The quantitative estimate of drug-likeness (QED) is 0.680. The number of halogens is 1. The van der Waals surface area contributed by atoms with Gasteiger partial charge in [-0.25, -0.2) is 9.88 Å². The van der Waals surface area contributed by atoms with Gasteiger partial charge in [0.2, 0.25) is 5.91 Å². The molecule has 0 radical (unpaired) electrons. The van der Waals surface area contributed by atoms with Gasteiger partial charge in [0.15, 0.2) is 0 Å². The van der Waals surface area contributed by atoms with Crippen molar-refractivity contribution in [2.24, 2.45) is 0 Å². The molecule has 0 aliphatic carbocycles. The summed E-state index contributed by atoms with van der Waals surface area (Å²) in [6.07, 6.45) is 1.71. The van der Waals surface area contributed by atoms with Crippen molar-refractivity contribution in [1.82, 2.24) is 9.55 Å². The lowest BCUT2D eigenvalue weighted by Crippen LogP contribution is -2.31. The number of hydrogen-bond donors (Lipinski definition) is 0. The summed E-state index contributed by atoms with van der Waals surface area (Å²) in [7, 11) is 0. The number of rotatable bonds is 2. The fourth-order valence-corrected chi connectivity index (χ4v) is 3.17. The van der Waals surface area contributed by atoms with Gasteiger partial charge in [-0.15, -0.1) is 0 Å². The highest BCUT2D eigenvalue weighted by atomic mass is 35.5. The van der Waals surface area contributed by atoms with E-state index in [9.17, 15) is 9.59 Å². The predicted molar refractivity (Wildman–Crippen MR) is 87.3 cm³/mol. The number of benzene rings is 2. The van der Waals surface area contributed by atoms with Crippen molar-refractivity contribution >= 4 is 40.1 Å². The summed E-state index contributed by atoms with van der Waals surface area (Å²) in [5, 5.41) is 0.380. The number of carbonyl (C=O) groups is 2. The third-order valence-electron chi connectivity index (χ3n) is 4.03. The van der Waals surface area contributed by atoms with Gasteiger partial charge in [0.05, 0.1) is 34.5 Å². The SMILES string of the molecule is O=C1CC(n2cnc3ccccc32)C(=O)N1c1ccccc1Cl. The molecule has 1 unspecified atom stereocenters. The van der Waals surface area contributed by atoms with E-state index in [1.54, 1.807) is 35.2 Å². The van der Waals surface area contributed by atoms with E-state index in [1.807, 2.05) is 24.3 Å². The van der Waals surface area contributed by atoms with Crippen LogP contribution in [0.3, 0.4) is 0 Å². The fraction of sp³-hybridized carbons (Fsp3) is 0.118. The van der Waals surface area contributed by atoms with Crippen molar-refractivity contribution in [1.29, 1.82) is 0 Å². The van der Waals surface area contributed by atoms with Crippen molar-refractivity contribution in [2.75, 3.05) is 4.90 Å². The van der Waals surface area contributed by atoms with E-state index in [0.29, 0.717) is 10.7 Å². The number of fused-ring (bicyclic) bond motifs is 1. The summed E-state index contributed by atoms with van der Waals surface area (Å²) >= 11 is 6.14. The molecular formula is C17H12ClN3O2. The van der Waals surface area contributed by atoms with Gasteiger partial charge in [-0.1, -0.05) is 35.9 Å². The van der Waals surface area contributed by atoms with Crippen LogP contribution < -0.4 is 4.90 Å². The van der Waals surface area contributed by atoms with Crippen LogP contribution >= 0.6 is 11.6 Å². The van der Waals surface area contributed by atoms with Gasteiger partial charge in [0.1, 0.15) is 6.04 Å². The number of carbonyl (C=O) groups excluding carboxylic acids is 2. The maximum absolute atomic E-state index is 12.8.